The first-order valence-corrected chi connectivity index (χ1v) is 7.05. The van der Waals surface area contributed by atoms with Crippen molar-refractivity contribution in [1.29, 1.82) is 0 Å². The van der Waals surface area contributed by atoms with Gasteiger partial charge in [0.2, 0.25) is 0 Å². The van der Waals surface area contributed by atoms with Gasteiger partial charge in [0.25, 0.3) is 0 Å². The average molecular weight is 228 g/mol. The van der Waals surface area contributed by atoms with Crippen molar-refractivity contribution in [2.75, 3.05) is 19.8 Å². The van der Waals surface area contributed by atoms with Crippen molar-refractivity contribution in [3.63, 3.8) is 0 Å². The van der Waals surface area contributed by atoms with E-state index in [4.69, 9.17) is 9.47 Å². The van der Waals surface area contributed by atoms with E-state index in [2.05, 4.69) is 13.8 Å². The zero-order valence-electron chi connectivity index (χ0n) is 11.1. The summed E-state index contributed by atoms with van der Waals surface area (Å²) in [6, 6.07) is 0. The van der Waals surface area contributed by atoms with Crippen LogP contribution in [0.4, 0.5) is 0 Å². The zero-order valence-corrected chi connectivity index (χ0v) is 11.1. The predicted molar refractivity (Wildman–Crippen MR) is 67.8 cm³/mol. The molecule has 0 aromatic rings. The molecule has 0 amide bonds. The van der Waals surface area contributed by atoms with Crippen LogP contribution in [0.25, 0.3) is 0 Å². The second-order valence-corrected chi connectivity index (χ2v) is 5.00. The lowest BCUT2D eigenvalue weighted by molar-refractivity contribution is -0.165. The van der Waals surface area contributed by atoms with Crippen LogP contribution in [0.5, 0.6) is 0 Å². The third-order valence-electron chi connectivity index (χ3n) is 3.47. The van der Waals surface area contributed by atoms with Crippen LogP contribution in [0.15, 0.2) is 0 Å². The standard InChI is InChI=1S/C14H28O2/c1-3-5-7-9-14(10-8-6-4-2)13-15-11-12-16-14/h3-13H2,1-2H3. The van der Waals surface area contributed by atoms with E-state index in [0.717, 1.165) is 19.8 Å². The number of unbranched alkanes of at least 4 members (excludes halogenated alkanes) is 4. The first-order chi connectivity index (χ1) is 7.83. The minimum absolute atomic E-state index is 0.0581. The molecule has 16 heavy (non-hydrogen) atoms. The lowest BCUT2D eigenvalue weighted by Gasteiger charge is -2.37. The second-order valence-electron chi connectivity index (χ2n) is 5.00. The molecule has 0 N–H and O–H groups in total. The van der Waals surface area contributed by atoms with Crippen LogP contribution in [0.3, 0.4) is 0 Å². The molecule has 1 heterocycles. The highest BCUT2D eigenvalue weighted by atomic mass is 16.6. The molecule has 0 unspecified atom stereocenters. The lowest BCUT2D eigenvalue weighted by atomic mass is 9.90. The molecule has 1 fully saturated rings. The molecule has 0 saturated carbocycles. The molecule has 1 aliphatic rings. The van der Waals surface area contributed by atoms with E-state index in [1.807, 2.05) is 0 Å². The van der Waals surface area contributed by atoms with Gasteiger partial charge in [0, 0.05) is 0 Å². The molecular formula is C14H28O2. The Labute approximate surface area is 101 Å². The van der Waals surface area contributed by atoms with Crippen LogP contribution in [0.1, 0.15) is 65.2 Å². The minimum Gasteiger partial charge on any atom is -0.376 e. The van der Waals surface area contributed by atoms with Crippen molar-refractivity contribution in [1.82, 2.24) is 0 Å². The first-order valence-electron chi connectivity index (χ1n) is 7.05. The Morgan fingerprint density at radius 2 is 1.50 bits per heavy atom. The molecule has 0 atom stereocenters. The predicted octanol–water partition coefficient (Wildman–Crippen LogP) is 3.93. The number of rotatable bonds is 8. The number of ether oxygens (including phenoxy) is 2. The van der Waals surface area contributed by atoms with Crippen LogP contribution in [0, 0.1) is 0 Å². The third-order valence-corrected chi connectivity index (χ3v) is 3.47. The van der Waals surface area contributed by atoms with Crippen LogP contribution < -0.4 is 0 Å². The van der Waals surface area contributed by atoms with Crippen LogP contribution in [0.2, 0.25) is 0 Å². The monoisotopic (exact) mass is 228 g/mol. The van der Waals surface area contributed by atoms with Crippen molar-refractivity contribution in [2.24, 2.45) is 0 Å². The minimum atomic E-state index is 0.0581. The largest absolute Gasteiger partial charge is 0.376 e. The van der Waals surface area contributed by atoms with Crippen molar-refractivity contribution >= 4 is 0 Å². The lowest BCUT2D eigenvalue weighted by Crippen LogP contribution is -2.43. The van der Waals surface area contributed by atoms with Crippen molar-refractivity contribution < 1.29 is 9.47 Å². The normalized spacial score (nSPS) is 19.9. The number of hydrogen-bond acceptors (Lipinski definition) is 2. The Morgan fingerprint density at radius 3 is 1.94 bits per heavy atom. The molecule has 2 nitrogen and oxygen atoms in total. The summed E-state index contributed by atoms with van der Waals surface area (Å²) in [5.41, 5.74) is 0.0581. The Hall–Kier alpha value is -0.0800. The Balaban J connectivity index is 2.33. The maximum atomic E-state index is 6.03. The molecule has 2 heteroatoms. The average Bonchev–Trinajstić information content (AvgIpc) is 2.31. The maximum Gasteiger partial charge on any atom is 0.0916 e. The van der Waals surface area contributed by atoms with E-state index in [1.54, 1.807) is 0 Å². The summed E-state index contributed by atoms with van der Waals surface area (Å²) >= 11 is 0. The van der Waals surface area contributed by atoms with Gasteiger partial charge < -0.3 is 9.47 Å². The summed E-state index contributed by atoms with van der Waals surface area (Å²) in [4.78, 5) is 0. The SMILES string of the molecule is CCCCCC1(CCCCC)COCCO1. The van der Waals surface area contributed by atoms with E-state index in [1.165, 1.54) is 51.4 Å². The van der Waals surface area contributed by atoms with Crippen molar-refractivity contribution in [3.05, 3.63) is 0 Å². The Morgan fingerprint density at radius 1 is 0.875 bits per heavy atom. The molecule has 0 aromatic carbocycles. The van der Waals surface area contributed by atoms with Gasteiger partial charge >= 0.3 is 0 Å². The van der Waals surface area contributed by atoms with Gasteiger partial charge in [-0.15, -0.1) is 0 Å². The van der Waals surface area contributed by atoms with Crippen molar-refractivity contribution in [3.8, 4) is 0 Å². The van der Waals surface area contributed by atoms with Gasteiger partial charge in [0.15, 0.2) is 0 Å². The van der Waals surface area contributed by atoms with E-state index < -0.39 is 0 Å². The van der Waals surface area contributed by atoms with E-state index in [-0.39, 0.29) is 5.60 Å². The molecule has 1 saturated heterocycles. The fourth-order valence-electron chi connectivity index (χ4n) is 2.42. The Bertz CT molecular complexity index is 150. The summed E-state index contributed by atoms with van der Waals surface area (Å²) < 4.78 is 11.7. The van der Waals surface area contributed by atoms with Gasteiger partial charge in [-0.3, -0.25) is 0 Å². The van der Waals surface area contributed by atoms with Crippen molar-refractivity contribution in [2.45, 2.75) is 70.8 Å². The van der Waals surface area contributed by atoms with Gasteiger partial charge in [-0.25, -0.2) is 0 Å². The van der Waals surface area contributed by atoms with Gasteiger partial charge in [-0.1, -0.05) is 52.4 Å². The highest BCUT2D eigenvalue weighted by Gasteiger charge is 2.32. The van der Waals surface area contributed by atoms with E-state index >= 15 is 0 Å². The Kier molecular flexibility index (Phi) is 7.06. The molecule has 0 radical (unpaired) electrons. The fraction of sp³-hybridized carbons (Fsp3) is 1.00. The molecule has 1 aliphatic heterocycles. The zero-order chi connectivity index (χ0) is 11.7. The molecule has 96 valence electrons. The summed E-state index contributed by atoms with van der Waals surface area (Å²) in [5, 5.41) is 0. The van der Waals surface area contributed by atoms with Gasteiger partial charge in [-0.2, -0.15) is 0 Å². The molecular weight excluding hydrogens is 200 g/mol. The molecule has 1 rings (SSSR count). The second kappa shape index (κ2) is 8.08. The first kappa shape index (κ1) is 14.0. The molecule has 0 spiro atoms. The highest BCUT2D eigenvalue weighted by molar-refractivity contribution is 4.82. The van der Waals surface area contributed by atoms with Gasteiger partial charge in [-0.05, 0) is 12.8 Å². The summed E-state index contributed by atoms with van der Waals surface area (Å²) in [7, 11) is 0. The molecule has 0 aliphatic carbocycles. The summed E-state index contributed by atoms with van der Waals surface area (Å²) in [6.45, 7) is 6.89. The quantitative estimate of drug-likeness (QED) is 0.586. The molecule has 0 aromatic heterocycles. The number of hydrogen-bond donors (Lipinski definition) is 0. The van der Waals surface area contributed by atoms with Gasteiger partial charge in [0.05, 0.1) is 25.4 Å². The topological polar surface area (TPSA) is 18.5 Å². The third kappa shape index (κ3) is 4.84. The van der Waals surface area contributed by atoms with E-state index in [9.17, 15) is 0 Å². The smallest absolute Gasteiger partial charge is 0.0916 e. The van der Waals surface area contributed by atoms with Crippen LogP contribution in [-0.4, -0.2) is 25.4 Å². The molecule has 0 bridgehead atoms. The highest BCUT2D eigenvalue weighted by Crippen LogP contribution is 2.29. The fourth-order valence-corrected chi connectivity index (χ4v) is 2.42. The van der Waals surface area contributed by atoms with E-state index in [0.29, 0.717) is 0 Å². The van der Waals surface area contributed by atoms with Crippen LogP contribution in [-0.2, 0) is 9.47 Å². The van der Waals surface area contributed by atoms with Gasteiger partial charge in [0.1, 0.15) is 0 Å². The van der Waals surface area contributed by atoms with Crippen LogP contribution >= 0.6 is 0 Å². The summed E-state index contributed by atoms with van der Waals surface area (Å²) in [5.74, 6) is 0. The summed E-state index contributed by atoms with van der Waals surface area (Å²) in [6.07, 6.45) is 10.1. The maximum absolute atomic E-state index is 6.03.